The van der Waals surface area contributed by atoms with Crippen LogP contribution in [0.2, 0.25) is 0 Å². The van der Waals surface area contributed by atoms with E-state index in [4.69, 9.17) is 0 Å². The van der Waals surface area contributed by atoms with Crippen molar-refractivity contribution in [1.82, 2.24) is 14.8 Å². The van der Waals surface area contributed by atoms with Gasteiger partial charge in [-0.2, -0.15) is 0 Å². The van der Waals surface area contributed by atoms with E-state index in [1.165, 1.54) is 25.0 Å². The molecule has 2 heterocycles. The molecule has 0 bridgehead atoms. The first-order valence-electron chi connectivity index (χ1n) is 12.6. The number of carbonyl (C=O) groups excluding carboxylic acids is 2. The van der Waals surface area contributed by atoms with Crippen LogP contribution >= 0.6 is 0 Å². The van der Waals surface area contributed by atoms with Crippen molar-refractivity contribution in [3.05, 3.63) is 83.8 Å². The fourth-order valence-electron chi connectivity index (χ4n) is 5.42. The number of aromatic nitrogens is 1. The van der Waals surface area contributed by atoms with Crippen LogP contribution in [0.15, 0.2) is 66.7 Å². The number of nitrogens with one attached hydrogen (secondary N) is 1. The zero-order valence-corrected chi connectivity index (χ0v) is 20.2. The summed E-state index contributed by atoms with van der Waals surface area (Å²) in [6.45, 7) is 2.45. The smallest absolute Gasteiger partial charge is 0.271 e. The molecule has 35 heavy (non-hydrogen) atoms. The minimum Gasteiger partial charge on any atom is -0.351 e. The molecule has 1 atom stereocenters. The first-order valence-corrected chi connectivity index (χ1v) is 12.6. The van der Waals surface area contributed by atoms with Crippen molar-refractivity contribution < 1.29 is 14.0 Å². The largest absolute Gasteiger partial charge is 0.351 e. The molecule has 0 radical (unpaired) electrons. The monoisotopic (exact) mass is 473 g/mol. The fourth-order valence-corrected chi connectivity index (χ4v) is 5.42. The molecule has 1 saturated carbocycles. The van der Waals surface area contributed by atoms with Gasteiger partial charge in [0.1, 0.15) is 17.1 Å². The second-order valence-electron chi connectivity index (χ2n) is 10.0. The lowest BCUT2D eigenvalue weighted by atomic mass is 9.92. The summed E-state index contributed by atoms with van der Waals surface area (Å²) in [7, 11) is 0. The first kappa shape index (κ1) is 23.3. The maximum Gasteiger partial charge on any atom is 0.271 e. The Kier molecular flexibility index (Phi) is 6.46. The van der Waals surface area contributed by atoms with E-state index in [0.717, 1.165) is 42.5 Å². The van der Waals surface area contributed by atoms with Gasteiger partial charge in [0.2, 0.25) is 5.91 Å². The first-order chi connectivity index (χ1) is 17.0. The fraction of sp³-hybridized carbons (Fsp3) is 0.379. The average Bonchev–Trinajstić information content (AvgIpc) is 3.11. The third-order valence-electron chi connectivity index (χ3n) is 7.51. The summed E-state index contributed by atoms with van der Waals surface area (Å²) in [5.74, 6) is -0.645. The van der Waals surface area contributed by atoms with E-state index in [1.807, 2.05) is 54.0 Å². The second kappa shape index (κ2) is 9.68. The number of halogens is 1. The van der Waals surface area contributed by atoms with Gasteiger partial charge < -0.3 is 14.8 Å². The summed E-state index contributed by atoms with van der Waals surface area (Å²) in [6.07, 6.45) is 6.56. The van der Waals surface area contributed by atoms with Crippen LogP contribution < -0.4 is 5.32 Å². The SMILES string of the molecule is C[C@]1(C(=O)NC2CCCCCC2)Cn2c(ccc2-c2ccccc2)C(=O)N1Cc1ccc(F)cc1. The van der Waals surface area contributed by atoms with Crippen LogP contribution in [-0.2, 0) is 17.9 Å². The third-order valence-corrected chi connectivity index (χ3v) is 7.51. The van der Waals surface area contributed by atoms with Crippen molar-refractivity contribution in [2.45, 2.75) is 70.1 Å². The van der Waals surface area contributed by atoms with E-state index in [0.29, 0.717) is 12.2 Å². The summed E-state index contributed by atoms with van der Waals surface area (Å²) in [5, 5.41) is 3.29. The lowest BCUT2D eigenvalue weighted by Crippen LogP contribution is -2.64. The van der Waals surface area contributed by atoms with Crippen LogP contribution in [0, 0.1) is 5.82 Å². The molecule has 1 aromatic heterocycles. The normalized spacial score (nSPS) is 20.9. The van der Waals surface area contributed by atoms with E-state index in [-0.39, 0.29) is 30.2 Å². The van der Waals surface area contributed by atoms with Gasteiger partial charge >= 0.3 is 0 Å². The molecule has 1 N–H and O–H groups in total. The number of carbonyl (C=O) groups is 2. The van der Waals surface area contributed by atoms with Crippen LogP contribution in [0.4, 0.5) is 4.39 Å². The number of hydrogen-bond donors (Lipinski definition) is 1. The molecule has 0 unspecified atom stereocenters. The van der Waals surface area contributed by atoms with Crippen molar-refractivity contribution in [2.24, 2.45) is 0 Å². The van der Waals surface area contributed by atoms with E-state index in [1.54, 1.807) is 17.0 Å². The van der Waals surface area contributed by atoms with Gasteiger partial charge in [0.15, 0.2) is 0 Å². The molecule has 5 rings (SSSR count). The van der Waals surface area contributed by atoms with Crippen molar-refractivity contribution in [1.29, 1.82) is 0 Å². The molecule has 0 saturated heterocycles. The van der Waals surface area contributed by atoms with Crippen molar-refractivity contribution >= 4 is 11.8 Å². The van der Waals surface area contributed by atoms with E-state index in [2.05, 4.69) is 5.32 Å². The molecule has 1 aliphatic carbocycles. The highest BCUT2D eigenvalue weighted by atomic mass is 19.1. The van der Waals surface area contributed by atoms with E-state index >= 15 is 0 Å². The standard InChI is InChI=1S/C29H32FN3O2/c1-29(28(35)31-24-11-7-2-3-8-12-24)20-32-25(22-9-5-4-6-10-22)17-18-26(32)27(34)33(29)19-21-13-15-23(30)16-14-21/h4-6,9-10,13-18,24H,2-3,7-8,11-12,19-20H2,1H3,(H,31,35)/t29-/m1/s1. The highest BCUT2D eigenvalue weighted by Crippen LogP contribution is 2.34. The predicted molar refractivity (Wildman–Crippen MR) is 134 cm³/mol. The van der Waals surface area contributed by atoms with Crippen LogP contribution in [0.5, 0.6) is 0 Å². The number of hydrogen-bond acceptors (Lipinski definition) is 2. The van der Waals surface area contributed by atoms with Crippen molar-refractivity contribution in [2.75, 3.05) is 0 Å². The van der Waals surface area contributed by atoms with Gasteiger partial charge in [-0.25, -0.2) is 4.39 Å². The van der Waals surface area contributed by atoms with Gasteiger partial charge in [0, 0.05) is 18.3 Å². The predicted octanol–water partition coefficient (Wildman–Crippen LogP) is 5.55. The third kappa shape index (κ3) is 4.62. The highest BCUT2D eigenvalue weighted by Gasteiger charge is 2.48. The Labute approximate surface area is 205 Å². The molecule has 2 aromatic carbocycles. The molecule has 3 aromatic rings. The highest BCUT2D eigenvalue weighted by molar-refractivity contribution is 6.00. The van der Waals surface area contributed by atoms with Gasteiger partial charge in [-0.1, -0.05) is 68.1 Å². The van der Waals surface area contributed by atoms with Crippen LogP contribution in [-0.4, -0.2) is 32.9 Å². The van der Waals surface area contributed by atoms with Crippen molar-refractivity contribution in [3.63, 3.8) is 0 Å². The molecular weight excluding hydrogens is 441 g/mol. The maximum atomic E-state index is 13.9. The molecule has 6 heteroatoms. The molecule has 0 spiro atoms. The topological polar surface area (TPSA) is 54.3 Å². The molecule has 1 fully saturated rings. The molecule has 182 valence electrons. The Balaban J connectivity index is 1.52. The van der Waals surface area contributed by atoms with Gasteiger partial charge in [0.05, 0.1) is 6.54 Å². The number of fused-ring (bicyclic) bond motifs is 1. The minimum atomic E-state index is -1.09. The van der Waals surface area contributed by atoms with Crippen LogP contribution in [0.1, 0.15) is 61.5 Å². The van der Waals surface area contributed by atoms with Gasteiger partial charge in [-0.3, -0.25) is 9.59 Å². The average molecular weight is 474 g/mol. The zero-order chi connectivity index (χ0) is 24.4. The minimum absolute atomic E-state index is 0.127. The Hall–Kier alpha value is -3.41. The van der Waals surface area contributed by atoms with Gasteiger partial charge in [-0.15, -0.1) is 0 Å². The molecule has 1 aliphatic heterocycles. The van der Waals surface area contributed by atoms with Crippen molar-refractivity contribution in [3.8, 4) is 11.3 Å². The summed E-state index contributed by atoms with van der Waals surface area (Å²) < 4.78 is 15.5. The summed E-state index contributed by atoms with van der Waals surface area (Å²) in [4.78, 5) is 29.4. The van der Waals surface area contributed by atoms with Gasteiger partial charge in [0.25, 0.3) is 5.91 Å². The van der Waals surface area contributed by atoms with Crippen LogP contribution in [0.3, 0.4) is 0 Å². The Morgan fingerprint density at radius 3 is 2.29 bits per heavy atom. The number of benzene rings is 2. The Bertz CT molecular complexity index is 1200. The molecule has 2 aliphatic rings. The number of nitrogens with zero attached hydrogens (tertiary/aromatic N) is 2. The number of amides is 2. The van der Waals surface area contributed by atoms with Crippen LogP contribution in [0.25, 0.3) is 11.3 Å². The van der Waals surface area contributed by atoms with E-state index in [9.17, 15) is 14.0 Å². The Morgan fingerprint density at radius 2 is 1.60 bits per heavy atom. The molecule has 5 nitrogen and oxygen atoms in total. The maximum absolute atomic E-state index is 13.9. The van der Waals surface area contributed by atoms with Gasteiger partial charge in [-0.05, 0) is 55.2 Å². The summed E-state index contributed by atoms with van der Waals surface area (Å²) in [6, 6.07) is 20.0. The number of rotatable bonds is 5. The lowest BCUT2D eigenvalue weighted by molar-refractivity contribution is -0.134. The Morgan fingerprint density at radius 1 is 0.943 bits per heavy atom. The van der Waals surface area contributed by atoms with E-state index < -0.39 is 5.54 Å². The molecule has 2 amide bonds. The lowest BCUT2D eigenvalue weighted by Gasteiger charge is -2.45. The second-order valence-corrected chi connectivity index (χ2v) is 10.0. The summed E-state index contributed by atoms with van der Waals surface area (Å²) in [5.41, 5.74) is 2.18. The quantitative estimate of drug-likeness (QED) is 0.494. The summed E-state index contributed by atoms with van der Waals surface area (Å²) >= 11 is 0. The zero-order valence-electron chi connectivity index (χ0n) is 20.2. The molecular formula is C29H32FN3O2.